The lowest BCUT2D eigenvalue weighted by atomic mass is 10.2. The van der Waals surface area contributed by atoms with Crippen LogP contribution < -0.4 is 5.56 Å². The van der Waals surface area contributed by atoms with Crippen LogP contribution >= 0.6 is 27.7 Å². The SMILES string of the molecule is CCCn1c(SCc2nc3ccccc3o2)nc2ccc(Br)cc2c1=O. The van der Waals surface area contributed by atoms with Crippen LogP contribution in [0.2, 0.25) is 0 Å². The van der Waals surface area contributed by atoms with Crippen molar-refractivity contribution in [2.24, 2.45) is 0 Å². The van der Waals surface area contributed by atoms with Crippen LogP contribution in [0.4, 0.5) is 0 Å². The normalized spacial score (nSPS) is 11.5. The average Bonchev–Trinajstić information content (AvgIpc) is 3.06. The van der Waals surface area contributed by atoms with Gasteiger partial charge in [-0.3, -0.25) is 9.36 Å². The maximum Gasteiger partial charge on any atom is 0.262 e. The number of hydrogen-bond donors (Lipinski definition) is 0. The van der Waals surface area contributed by atoms with Gasteiger partial charge in [-0.2, -0.15) is 0 Å². The van der Waals surface area contributed by atoms with Crippen molar-refractivity contribution < 1.29 is 4.42 Å². The van der Waals surface area contributed by atoms with Crippen molar-refractivity contribution in [2.75, 3.05) is 0 Å². The van der Waals surface area contributed by atoms with Gasteiger partial charge in [0.25, 0.3) is 5.56 Å². The quantitative estimate of drug-likeness (QED) is 0.329. The first-order valence-corrected chi connectivity index (χ1v) is 10.1. The Balaban J connectivity index is 1.71. The van der Waals surface area contributed by atoms with Gasteiger partial charge in [-0.15, -0.1) is 0 Å². The van der Waals surface area contributed by atoms with E-state index in [1.807, 2.05) is 49.4 Å². The fourth-order valence-electron chi connectivity index (χ4n) is 2.81. The standard InChI is InChI=1S/C19H16BrN3O2S/c1-2-9-23-18(24)13-10-12(20)7-8-14(13)22-19(23)26-11-17-21-15-5-3-4-6-16(15)25-17/h3-8,10H,2,9,11H2,1H3. The van der Waals surface area contributed by atoms with Gasteiger partial charge >= 0.3 is 0 Å². The largest absolute Gasteiger partial charge is 0.440 e. The van der Waals surface area contributed by atoms with Crippen LogP contribution in [0.25, 0.3) is 22.0 Å². The summed E-state index contributed by atoms with van der Waals surface area (Å²) < 4.78 is 8.38. The first kappa shape index (κ1) is 17.3. The van der Waals surface area contributed by atoms with E-state index in [2.05, 4.69) is 20.9 Å². The lowest BCUT2D eigenvalue weighted by molar-refractivity contribution is 0.553. The molecule has 2 aromatic carbocycles. The minimum absolute atomic E-state index is 0.0155. The smallest absolute Gasteiger partial charge is 0.262 e. The van der Waals surface area contributed by atoms with Crippen molar-refractivity contribution in [2.45, 2.75) is 30.8 Å². The monoisotopic (exact) mass is 429 g/mol. The van der Waals surface area contributed by atoms with Gasteiger partial charge < -0.3 is 4.42 Å². The predicted molar refractivity (Wildman–Crippen MR) is 108 cm³/mol. The molecule has 0 aliphatic rings. The minimum atomic E-state index is -0.0155. The van der Waals surface area contributed by atoms with E-state index in [9.17, 15) is 4.79 Å². The number of halogens is 1. The summed E-state index contributed by atoms with van der Waals surface area (Å²) >= 11 is 4.90. The minimum Gasteiger partial charge on any atom is -0.440 e. The third kappa shape index (κ3) is 3.29. The van der Waals surface area contributed by atoms with E-state index >= 15 is 0 Å². The molecule has 0 amide bonds. The Morgan fingerprint density at radius 3 is 2.81 bits per heavy atom. The number of rotatable bonds is 5. The summed E-state index contributed by atoms with van der Waals surface area (Å²) in [5.41, 5.74) is 2.29. The van der Waals surface area contributed by atoms with Crippen molar-refractivity contribution >= 4 is 49.7 Å². The van der Waals surface area contributed by atoms with Crippen LogP contribution in [0.15, 0.2) is 61.3 Å². The molecular formula is C19H16BrN3O2S. The Morgan fingerprint density at radius 2 is 2.00 bits per heavy atom. The second kappa shape index (κ2) is 7.25. The fourth-order valence-corrected chi connectivity index (χ4v) is 4.04. The number of benzene rings is 2. The van der Waals surface area contributed by atoms with Crippen molar-refractivity contribution in [1.29, 1.82) is 0 Å². The van der Waals surface area contributed by atoms with E-state index in [0.29, 0.717) is 34.2 Å². The van der Waals surface area contributed by atoms with Gasteiger partial charge in [-0.25, -0.2) is 9.97 Å². The molecule has 7 heteroatoms. The van der Waals surface area contributed by atoms with Crippen LogP contribution in [0.1, 0.15) is 19.2 Å². The lowest BCUT2D eigenvalue weighted by Gasteiger charge is -2.11. The zero-order valence-electron chi connectivity index (χ0n) is 14.1. The van der Waals surface area contributed by atoms with Gasteiger partial charge in [-0.1, -0.05) is 46.7 Å². The maximum absolute atomic E-state index is 12.9. The van der Waals surface area contributed by atoms with E-state index in [1.165, 1.54) is 11.8 Å². The number of hydrogen-bond acceptors (Lipinski definition) is 5. The highest BCUT2D eigenvalue weighted by Crippen LogP contribution is 2.25. The maximum atomic E-state index is 12.9. The summed E-state index contributed by atoms with van der Waals surface area (Å²) in [6, 6.07) is 13.3. The summed E-state index contributed by atoms with van der Waals surface area (Å²) in [6.45, 7) is 2.68. The molecule has 0 fully saturated rings. The van der Waals surface area contributed by atoms with Crippen molar-refractivity contribution in [3.8, 4) is 0 Å². The Hall–Kier alpha value is -2.12. The molecule has 132 valence electrons. The fraction of sp³-hybridized carbons (Fsp3) is 0.211. The molecule has 26 heavy (non-hydrogen) atoms. The topological polar surface area (TPSA) is 60.9 Å². The van der Waals surface area contributed by atoms with Crippen molar-refractivity contribution in [1.82, 2.24) is 14.5 Å². The number of para-hydroxylation sites is 2. The summed E-state index contributed by atoms with van der Waals surface area (Å²) in [5, 5.41) is 1.31. The van der Waals surface area contributed by atoms with E-state index < -0.39 is 0 Å². The van der Waals surface area contributed by atoms with E-state index in [0.717, 1.165) is 22.0 Å². The molecular weight excluding hydrogens is 414 g/mol. The Labute approximate surface area is 162 Å². The Bertz CT molecular complexity index is 1120. The molecule has 0 bridgehead atoms. The van der Waals surface area contributed by atoms with Gasteiger partial charge in [0.05, 0.1) is 16.7 Å². The second-order valence-electron chi connectivity index (χ2n) is 5.88. The molecule has 0 unspecified atom stereocenters. The number of fused-ring (bicyclic) bond motifs is 2. The molecule has 0 aliphatic carbocycles. The third-order valence-electron chi connectivity index (χ3n) is 3.99. The van der Waals surface area contributed by atoms with Crippen LogP contribution in [-0.4, -0.2) is 14.5 Å². The zero-order valence-corrected chi connectivity index (χ0v) is 16.5. The Kier molecular flexibility index (Phi) is 4.82. The summed E-state index contributed by atoms with van der Waals surface area (Å²) in [6.07, 6.45) is 0.859. The molecule has 4 rings (SSSR count). The molecule has 5 nitrogen and oxygen atoms in total. The van der Waals surface area contributed by atoms with Crippen molar-refractivity contribution in [3.63, 3.8) is 0 Å². The highest BCUT2D eigenvalue weighted by atomic mass is 79.9. The average molecular weight is 430 g/mol. The summed E-state index contributed by atoms with van der Waals surface area (Å²) in [5.74, 6) is 1.15. The highest BCUT2D eigenvalue weighted by molar-refractivity contribution is 9.10. The number of oxazole rings is 1. The van der Waals surface area contributed by atoms with E-state index in [-0.39, 0.29) is 5.56 Å². The van der Waals surface area contributed by atoms with Gasteiger partial charge in [-0.05, 0) is 36.8 Å². The van der Waals surface area contributed by atoms with E-state index in [1.54, 1.807) is 4.57 Å². The zero-order chi connectivity index (χ0) is 18.1. The molecule has 0 saturated heterocycles. The van der Waals surface area contributed by atoms with Crippen molar-refractivity contribution in [3.05, 3.63) is 63.2 Å². The molecule has 0 saturated carbocycles. The second-order valence-corrected chi connectivity index (χ2v) is 7.73. The van der Waals surface area contributed by atoms with Gasteiger partial charge in [0, 0.05) is 11.0 Å². The van der Waals surface area contributed by atoms with Crippen LogP contribution in [0.3, 0.4) is 0 Å². The molecule has 0 aliphatic heterocycles. The first-order valence-electron chi connectivity index (χ1n) is 8.33. The molecule has 2 heterocycles. The molecule has 4 aromatic rings. The number of aromatic nitrogens is 3. The highest BCUT2D eigenvalue weighted by Gasteiger charge is 2.13. The predicted octanol–water partition coefficient (Wildman–Crippen LogP) is 5.00. The number of thioether (sulfide) groups is 1. The van der Waals surface area contributed by atoms with Gasteiger partial charge in [0.2, 0.25) is 5.89 Å². The molecule has 0 radical (unpaired) electrons. The van der Waals surface area contributed by atoms with Gasteiger partial charge in [0.1, 0.15) is 5.52 Å². The molecule has 2 aromatic heterocycles. The first-order chi connectivity index (χ1) is 12.7. The molecule has 0 N–H and O–H groups in total. The molecule has 0 spiro atoms. The summed E-state index contributed by atoms with van der Waals surface area (Å²) in [7, 11) is 0. The lowest BCUT2D eigenvalue weighted by Crippen LogP contribution is -2.23. The van der Waals surface area contributed by atoms with Crippen LogP contribution in [-0.2, 0) is 12.3 Å². The Morgan fingerprint density at radius 1 is 1.15 bits per heavy atom. The third-order valence-corrected chi connectivity index (χ3v) is 5.45. The number of nitrogens with zero attached hydrogens (tertiary/aromatic N) is 3. The summed E-state index contributed by atoms with van der Waals surface area (Å²) in [4.78, 5) is 22.1. The van der Waals surface area contributed by atoms with Crippen LogP contribution in [0.5, 0.6) is 0 Å². The molecule has 0 atom stereocenters. The van der Waals surface area contributed by atoms with Crippen LogP contribution in [0, 0.1) is 0 Å². The van der Waals surface area contributed by atoms with Gasteiger partial charge in [0.15, 0.2) is 10.7 Å². The van der Waals surface area contributed by atoms with E-state index in [4.69, 9.17) is 9.40 Å².